The number of fused-ring (bicyclic) bond motifs is 1. The largest absolute Gasteiger partial charge is 0.462 e. The van der Waals surface area contributed by atoms with Crippen LogP contribution in [-0.2, 0) is 13.6 Å². The van der Waals surface area contributed by atoms with Gasteiger partial charge in [0.15, 0.2) is 11.2 Å². The molecule has 1 fully saturated rings. The fourth-order valence-corrected chi connectivity index (χ4v) is 3.09. The van der Waals surface area contributed by atoms with Gasteiger partial charge in [0.2, 0.25) is 5.95 Å². The van der Waals surface area contributed by atoms with E-state index >= 15 is 0 Å². The van der Waals surface area contributed by atoms with E-state index in [9.17, 15) is 4.79 Å². The van der Waals surface area contributed by atoms with Crippen LogP contribution in [0.2, 0.25) is 0 Å². The Labute approximate surface area is 147 Å². The fraction of sp³-hybridized carbons (Fsp3) is 0.611. The van der Waals surface area contributed by atoms with Crippen LogP contribution in [0.1, 0.15) is 40.0 Å². The van der Waals surface area contributed by atoms with Gasteiger partial charge in [0.1, 0.15) is 0 Å². The van der Waals surface area contributed by atoms with Crippen molar-refractivity contribution in [2.24, 2.45) is 7.05 Å². The standard InChI is InChI=1S/C18H25N5O2/c1-5-6-12-23-14-15(19-17(23)22-10-8-7-9-11-22)20-18(25-13(2)3)21(4)16(14)24/h13H,7-12H2,1-4H3. The van der Waals surface area contributed by atoms with Crippen molar-refractivity contribution in [3.05, 3.63) is 10.4 Å². The summed E-state index contributed by atoms with van der Waals surface area (Å²) in [6.45, 7) is 7.93. The molecule has 0 aliphatic carbocycles. The number of nitrogens with zero attached hydrogens (tertiary/aromatic N) is 5. The molecule has 1 saturated heterocycles. The maximum absolute atomic E-state index is 12.9. The molecule has 2 aromatic rings. The third-order valence-corrected chi connectivity index (χ3v) is 4.32. The van der Waals surface area contributed by atoms with Crippen molar-refractivity contribution >= 4 is 17.1 Å². The van der Waals surface area contributed by atoms with E-state index in [1.807, 2.05) is 18.4 Å². The summed E-state index contributed by atoms with van der Waals surface area (Å²) in [4.78, 5) is 24.3. The number of aromatic nitrogens is 4. The number of hydrogen-bond donors (Lipinski definition) is 0. The smallest absolute Gasteiger partial charge is 0.301 e. The van der Waals surface area contributed by atoms with Crippen LogP contribution in [0, 0.1) is 11.8 Å². The van der Waals surface area contributed by atoms with Crippen molar-refractivity contribution in [1.82, 2.24) is 19.1 Å². The molecular formula is C18H25N5O2. The summed E-state index contributed by atoms with van der Waals surface area (Å²) in [6.07, 6.45) is 3.44. The number of ether oxygens (including phenoxy) is 1. The topological polar surface area (TPSA) is 65.2 Å². The monoisotopic (exact) mass is 343 g/mol. The summed E-state index contributed by atoms with van der Waals surface area (Å²) in [5.41, 5.74) is 0.758. The van der Waals surface area contributed by atoms with E-state index in [1.165, 1.54) is 11.0 Å². The van der Waals surface area contributed by atoms with Gasteiger partial charge in [0.05, 0.1) is 12.6 Å². The van der Waals surface area contributed by atoms with Crippen molar-refractivity contribution in [3.63, 3.8) is 0 Å². The number of anilines is 1. The van der Waals surface area contributed by atoms with E-state index in [4.69, 9.17) is 4.74 Å². The Morgan fingerprint density at radius 1 is 1.20 bits per heavy atom. The first-order chi connectivity index (χ1) is 12.0. The summed E-state index contributed by atoms with van der Waals surface area (Å²) in [7, 11) is 1.68. The normalized spacial score (nSPS) is 14.7. The maximum atomic E-state index is 12.9. The van der Waals surface area contributed by atoms with Crippen LogP contribution in [-0.4, -0.2) is 38.3 Å². The van der Waals surface area contributed by atoms with Crippen LogP contribution < -0.4 is 15.2 Å². The molecule has 0 bridgehead atoms. The quantitative estimate of drug-likeness (QED) is 0.794. The molecule has 0 unspecified atom stereocenters. The van der Waals surface area contributed by atoms with E-state index in [2.05, 4.69) is 26.7 Å². The Balaban J connectivity index is 2.19. The van der Waals surface area contributed by atoms with Crippen LogP contribution >= 0.6 is 0 Å². The minimum Gasteiger partial charge on any atom is -0.462 e. The van der Waals surface area contributed by atoms with Gasteiger partial charge >= 0.3 is 6.01 Å². The predicted octanol–water partition coefficient (Wildman–Crippen LogP) is 1.93. The Morgan fingerprint density at radius 2 is 1.92 bits per heavy atom. The van der Waals surface area contributed by atoms with Gasteiger partial charge in [-0.1, -0.05) is 5.92 Å². The highest BCUT2D eigenvalue weighted by Crippen LogP contribution is 2.24. The summed E-state index contributed by atoms with van der Waals surface area (Å²) in [5.74, 6) is 6.74. The molecule has 0 atom stereocenters. The lowest BCUT2D eigenvalue weighted by molar-refractivity contribution is 0.212. The molecule has 1 aliphatic rings. The van der Waals surface area contributed by atoms with Crippen molar-refractivity contribution in [3.8, 4) is 17.9 Å². The maximum Gasteiger partial charge on any atom is 0.301 e. The minimum absolute atomic E-state index is 0.0647. The van der Waals surface area contributed by atoms with Crippen LogP contribution in [0.5, 0.6) is 6.01 Å². The third kappa shape index (κ3) is 3.34. The van der Waals surface area contributed by atoms with Crippen molar-refractivity contribution in [2.75, 3.05) is 18.0 Å². The van der Waals surface area contributed by atoms with Crippen LogP contribution in [0.3, 0.4) is 0 Å². The first kappa shape index (κ1) is 17.3. The van der Waals surface area contributed by atoms with E-state index in [0.29, 0.717) is 23.7 Å². The average molecular weight is 343 g/mol. The number of rotatable bonds is 4. The highest BCUT2D eigenvalue weighted by molar-refractivity contribution is 5.74. The van der Waals surface area contributed by atoms with Gasteiger partial charge in [0, 0.05) is 20.1 Å². The molecule has 0 amide bonds. The summed E-state index contributed by atoms with van der Waals surface area (Å²) in [5, 5.41) is 0. The van der Waals surface area contributed by atoms with Crippen LogP contribution in [0.4, 0.5) is 5.95 Å². The molecule has 0 spiro atoms. The van der Waals surface area contributed by atoms with Crippen LogP contribution in [0.15, 0.2) is 4.79 Å². The molecule has 134 valence electrons. The van der Waals surface area contributed by atoms with Crippen molar-refractivity contribution < 1.29 is 4.74 Å². The van der Waals surface area contributed by atoms with E-state index < -0.39 is 0 Å². The molecule has 1 aliphatic heterocycles. The molecule has 2 aromatic heterocycles. The third-order valence-electron chi connectivity index (χ3n) is 4.32. The van der Waals surface area contributed by atoms with Gasteiger partial charge < -0.3 is 9.64 Å². The highest BCUT2D eigenvalue weighted by Gasteiger charge is 2.23. The molecule has 3 rings (SSSR count). The Kier molecular flexibility index (Phi) is 4.98. The highest BCUT2D eigenvalue weighted by atomic mass is 16.5. The molecular weight excluding hydrogens is 318 g/mol. The molecule has 3 heterocycles. The summed E-state index contributed by atoms with van der Waals surface area (Å²) in [6, 6.07) is 0.295. The van der Waals surface area contributed by atoms with Gasteiger partial charge in [-0.05, 0) is 40.0 Å². The number of piperidine rings is 1. The number of hydrogen-bond acceptors (Lipinski definition) is 5. The zero-order valence-corrected chi connectivity index (χ0v) is 15.4. The Hall–Kier alpha value is -2.49. The lowest BCUT2D eigenvalue weighted by Gasteiger charge is -2.27. The molecule has 7 nitrogen and oxygen atoms in total. The number of imidazole rings is 1. The molecule has 0 N–H and O–H groups in total. The Bertz CT molecular complexity index is 879. The van der Waals surface area contributed by atoms with Gasteiger partial charge in [0.25, 0.3) is 5.56 Å². The predicted molar refractivity (Wildman–Crippen MR) is 98.0 cm³/mol. The van der Waals surface area contributed by atoms with Crippen LogP contribution in [0.25, 0.3) is 11.2 Å². The summed E-state index contributed by atoms with van der Waals surface area (Å²) < 4.78 is 9.01. The first-order valence-corrected chi connectivity index (χ1v) is 8.81. The van der Waals surface area contributed by atoms with Gasteiger partial charge in [-0.15, -0.1) is 5.92 Å². The summed E-state index contributed by atoms with van der Waals surface area (Å²) >= 11 is 0. The van der Waals surface area contributed by atoms with E-state index in [0.717, 1.165) is 31.9 Å². The van der Waals surface area contributed by atoms with Crippen molar-refractivity contribution in [2.45, 2.75) is 52.7 Å². The Morgan fingerprint density at radius 3 is 2.56 bits per heavy atom. The minimum atomic E-state index is -0.158. The lowest BCUT2D eigenvalue weighted by atomic mass is 10.1. The second-order valence-corrected chi connectivity index (χ2v) is 6.57. The molecule has 0 radical (unpaired) electrons. The zero-order chi connectivity index (χ0) is 18.0. The fourth-order valence-electron chi connectivity index (χ4n) is 3.09. The van der Waals surface area contributed by atoms with Gasteiger partial charge in [-0.2, -0.15) is 9.97 Å². The molecule has 25 heavy (non-hydrogen) atoms. The lowest BCUT2D eigenvalue weighted by Crippen LogP contribution is -2.32. The first-order valence-electron chi connectivity index (χ1n) is 8.81. The molecule has 7 heteroatoms. The van der Waals surface area contributed by atoms with Crippen molar-refractivity contribution in [1.29, 1.82) is 0 Å². The second kappa shape index (κ2) is 7.18. The average Bonchev–Trinajstić information content (AvgIpc) is 2.96. The van der Waals surface area contributed by atoms with Gasteiger partial charge in [-0.3, -0.25) is 13.9 Å². The van der Waals surface area contributed by atoms with E-state index in [1.54, 1.807) is 14.0 Å². The second-order valence-electron chi connectivity index (χ2n) is 6.57. The SMILES string of the molecule is CC#CCn1c(N2CCCCC2)nc2nc(OC(C)C)n(C)c(=O)c21. The van der Waals surface area contributed by atoms with Gasteiger partial charge in [-0.25, -0.2) is 0 Å². The van der Waals surface area contributed by atoms with E-state index in [-0.39, 0.29) is 11.7 Å². The molecule has 0 aromatic carbocycles. The molecule has 0 saturated carbocycles. The zero-order valence-electron chi connectivity index (χ0n) is 15.4.